The predicted octanol–water partition coefficient (Wildman–Crippen LogP) is 3.32. The van der Waals surface area contributed by atoms with E-state index in [2.05, 4.69) is 14.2 Å². The van der Waals surface area contributed by atoms with Gasteiger partial charge in [0.1, 0.15) is 67.1 Å². The summed E-state index contributed by atoms with van der Waals surface area (Å²) < 4.78 is 150. The van der Waals surface area contributed by atoms with E-state index >= 15 is 0 Å². The topological polar surface area (TPSA) is 251 Å². The molecule has 0 aromatic carbocycles. The maximum Gasteiger partial charge on any atom is 0.523 e. The highest BCUT2D eigenvalue weighted by atomic mass is 32.2. The fraction of sp³-hybridized carbons (Fsp3) is 1.00. The van der Waals surface area contributed by atoms with Crippen molar-refractivity contribution >= 4 is 10.1 Å². The molecule has 0 aliphatic carbocycles. The molecule has 0 aromatic heterocycles. The van der Waals surface area contributed by atoms with Gasteiger partial charge in [-0.25, -0.2) is 0 Å². The van der Waals surface area contributed by atoms with Gasteiger partial charge in [0.15, 0.2) is 53.6 Å². The molecule has 9 aliphatic heterocycles. The van der Waals surface area contributed by atoms with Crippen molar-refractivity contribution in [3.8, 4) is 0 Å². The fourth-order valence-electron chi connectivity index (χ4n) is 8.85. The Hall–Kier alpha value is -1.63. The molecule has 63 heavy (non-hydrogen) atoms. The quantitative estimate of drug-likeness (QED) is 0.132. The molecule has 362 valence electrons. The number of azide groups is 1. The van der Waals surface area contributed by atoms with E-state index in [9.17, 15) is 26.7 Å². The van der Waals surface area contributed by atoms with Gasteiger partial charge in [-0.05, 0) is 88.6 Å². The first kappa shape index (κ1) is 49.3. The Morgan fingerprint density at radius 2 is 0.825 bits per heavy atom. The van der Waals surface area contributed by atoms with Crippen LogP contribution >= 0.6 is 0 Å². The van der Waals surface area contributed by atoms with E-state index in [0.29, 0.717) is 0 Å². The SMILES string of the molecule is CC1(C)OC2OC(CN=[N+]=[N-])C3OC(C)(C)OC3C2O1.CC1(C)OC2OC(CO)C3OC(C)(C)OC3C2O1.CC1(C)OC2OC(COS(=O)(=O)C(F)(F)F)C3OC(C)(C)OC3C2O1. The van der Waals surface area contributed by atoms with Gasteiger partial charge in [-0.15, -0.1) is 0 Å². The van der Waals surface area contributed by atoms with Gasteiger partial charge in [0, 0.05) is 4.91 Å². The second kappa shape index (κ2) is 16.9. The third-order valence-corrected chi connectivity index (χ3v) is 11.9. The van der Waals surface area contributed by atoms with Crippen molar-refractivity contribution < 1.29 is 102 Å². The lowest BCUT2D eigenvalue weighted by molar-refractivity contribution is -0.240. The standard InChI is InChI=1S/C13H19F3O8S.C12H19N3O5.C12H20O6/c1-11(2)21-7-6(5-19-25(17,18)13(14,15)16)20-10-9(8(7)22-11)23-12(3,4)24-10;1-11(2)17-7-6(5-14-15-13)16-10-9(8(7)18-11)19-12(3,4)20-10;1-11(2)15-7-6(5-13)14-10-9(8(7)16-11)17-12(3,4)18-10/h6-10H,5H2,1-4H3;6-10H,5H2,1-4H3;6-10,13H,5H2,1-4H3. The van der Waals surface area contributed by atoms with Gasteiger partial charge in [-0.1, -0.05) is 5.11 Å². The maximum absolute atomic E-state index is 12.4. The Kier molecular flexibility index (Phi) is 13.2. The van der Waals surface area contributed by atoms with Gasteiger partial charge in [0.2, 0.25) is 0 Å². The van der Waals surface area contributed by atoms with Crippen LogP contribution in [0, 0.1) is 0 Å². The second-order valence-electron chi connectivity index (χ2n) is 18.9. The van der Waals surface area contributed by atoms with Crippen molar-refractivity contribution in [3.63, 3.8) is 0 Å². The summed E-state index contributed by atoms with van der Waals surface area (Å²) in [6.07, 6.45) is -8.19. The van der Waals surface area contributed by atoms with Crippen LogP contribution in [0.5, 0.6) is 0 Å². The number of aliphatic hydroxyl groups excluding tert-OH is 1. The van der Waals surface area contributed by atoms with Crippen molar-refractivity contribution in [3.05, 3.63) is 10.4 Å². The van der Waals surface area contributed by atoms with Crippen LogP contribution < -0.4 is 0 Å². The number of hydrogen-bond acceptors (Lipinski definition) is 20. The number of fused-ring (bicyclic) bond motifs is 9. The van der Waals surface area contributed by atoms with Crippen molar-refractivity contribution in [2.45, 2.75) is 215 Å². The molecule has 0 bridgehead atoms. The zero-order valence-corrected chi connectivity index (χ0v) is 37.8. The normalized spacial score (nSPS) is 43.9. The zero-order chi connectivity index (χ0) is 46.5. The summed E-state index contributed by atoms with van der Waals surface area (Å²) in [5.74, 6) is -4.91. The highest BCUT2D eigenvalue weighted by Gasteiger charge is 2.64. The van der Waals surface area contributed by atoms with Crippen LogP contribution in [0.3, 0.4) is 0 Å². The smallest absolute Gasteiger partial charge is 0.394 e. The summed E-state index contributed by atoms with van der Waals surface area (Å²) in [5, 5.41) is 13.0. The average Bonchev–Trinajstić information content (AvgIpc) is 3.95. The first-order chi connectivity index (χ1) is 28.8. The lowest BCUT2D eigenvalue weighted by Gasteiger charge is -2.36. The molecule has 1 N–H and O–H groups in total. The molecule has 15 unspecified atom stereocenters. The van der Waals surface area contributed by atoms with Crippen LogP contribution in [0.4, 0.5) is 13.2 Å². The first-order valence-electron chi connectivity index (χ1n) is 20.5. The van der Waals surface area contributed by atoms with Gasteiger partial charge in [-0.3, -0.25) is 4.18 Å². The van der Waals surface area contributed by atoms with Gasteiger partial charge >= 0.3 is 15.6 Å². The molecular weight excluding hydrogens is 879 g/mol. The maximum atomic E-state index is 12.4. The van der Waals surface area contributed by atoms with Crippen LogP contribution in [-0.2, 0) is 85.4 Å². The minimum Gasteiger partial charge on any atom is -0.394 e. The highest BCUT2D eigenvalue weighted by Crippen LogP contribution is 2.47. The zero-order valence-electron chi connectivity index (χ0n) is 37.0. The van der Waals surface area contributed by atoms with Gasteiger partial charge < -0.3 is 76.2 Å². The van der Waals surface area contributed by atoms with E-state index in [-0.39, 0.29) is 49.8 Å². The molecule has 26 heteroatoms. The number of halogens is 3. The van der Waals surface area contributed by atoms with Crippen LogP contribution in [0.25, 0.3) is 10.4 Å². The summed E-state index contributed by atoms with van der Waals surface area (Å²) in [7, 11) is -5.75. The molecule has 0 spiro atoms. The molecular formula is C37H58F3N3O19S. The van der Waals surface area contributed by atoms with Crippen LogP contribution in [-0.4, -0.2) is 166 Å². The van der Waals surface area contributed by atoms with Gasteiger partial charge in [0.05, 0.1) is 25.9 Å². The summed E-state index contributed by atoms with van der Waals surface area (Å²) >= 11 is 0. The molecule has 0 saturated carbocycles. The highest BCUT2D eigenvalue weighted by molar-refractivity contribution is 7.87. The van der Waals surface area contributed by atoms with E-state index in [4.69, 9.17) is 76.6 Å². The number of ether oxygens (including phenoxy) is 15. The summed E-state index contributed by atoms with van der Waals surface area (Å²) in [6, 6.07) is 0. The molecule has 0 amide bonds. The molecule has 22 nitrogen and oxygen atoms in total. The van der Waals surface area contributed by atoms with Gasteiger partial charge in [0.25, 0.3) is 0 Å². The Morgan fingerprint density at radius 3 is 1.19 bits per heavy atom. The summed E-state index contributed by atoms with van der Waals surface area (Å²) in [5.41, 5.74) is 2.96. The number of alkyl halides is 3. The lowest BCUT2D eigenvalue weighted by Crippen LogP contribution is -2.56. The monoisotopic (exact) mass is 937 g/mol. The Bertz CT molecular complexity index is 1830. The first-order valence-corrected chi connectivity index (χ1v) is 21.9. The molecule has 0 aromatic rings. The second-order valence-corrected chi connectivity index (χ2v) is 20.5. The molecule has 9 aliphatic rings. The van der Waals surface area contributed by atoms with E-state index in [1.54, 1.807) is 27.7 Å². The largest absolute Gasteiger partial charge is 0.523 e. The van der Waals surface area contributed by atoms with Crippen LogP contribution in [0.15, 0.2) is 5.11 Å². The molecule has 0 radical (unpaired) electrons. The number of aliphatic hydroxyl groups is 1. The Labute approximate surface area is 362 Å². The predicted molar refractivity (Wildman–Crippen MR) is 200 cm³/mol. The van der Waals surface area contributed by atoms with E-state index < -0.39 is 112 Å². The average molecular weight is 938 g/mol. The Balaban J connectivity index is 0.000000144. The minimum absolute atomic E-state index is 0.131. The van der Waals surface area contributed by atoms with E-state index in [1.165, 1.54) is 0 Å². The van der Waals surface area contributed by atoms with Crippen molar-refractivity contribution in [2.75, 3.05) is 19.8 Å². The van der Waals surface area contributed by atoms with Crippen molar-refractivity contribution in [1.29, 1.82) is 0 Å². The molecule has 9 rings (SSSR count). The van der Waals surface area contributed by atoms with Crippen molar-refractivity contribution in [2.24, 2.45) is 5.11 Å². The van der Waals surface area contributed by atoms with Crippen molar-refractivity contribution in [1.82, 2.24) is 0 Å². The lowest BCUT2D eigenvalue weighted by atomic mass is 9.99. The molecule has 9 saturated heterocycles. The molecule has 9 fully saturated rings. The summed E-state index contributed by atoms with van der Waals surface area (Å²) in [6.45, 7) is 20.3. The number of nitrogens with zero attached hydrogens (tertiary/aromatic N) is 3. The van der Waals surface area contributed by atoms with Crippen LogP contribution in [0.1, 0.15) is 83.1 Å². The molecule has 15 atom stereocenters. The minimum atomic E-state index is -5.75. The fourth-order valence-corrected chi connectivity index (χ4v) is 9.30. The summed E-state index contributed by atoms with van der Waals surface area (Å²) in [4.78, 5) is 2.77. The Morgan fingerprint density at radius 1 is 0.524 bits per heavy atom. The third-order valence-electron chi connectivity index (χ3n) is 10.9. The third kappa shape index (κ3) is 10.6. The number of rotatable bonds is 6. The van der Waals surface area contributed by atoms with Crippen LogP contribution in [0.2, 0.25) is 0 Å². The molecule has 9 heterocycles. The van der Waals surface area contributed by atoms with E-state index in [0.717, 1.165) is 0 Å². The van der Waals surface area contributed by atoms with E-state index in [1.807, 2.05) is 55.4 Å². The van der Waals surface area contributed by atoms with Gasteiger partial charge in [-0.2, -0.15) is 21.6 Å². The number of hydrogen-bond donors (Lipinski definition) is 1.